The van der Waals surface area contributed by atoms with Crippen LogP contribution in [0.2, 0.25) is 0 Å². The molecule has 5 nitrogen and oxygen atoms in total. The number of aromatic nitrogens is 1. The van der Waals surface area contributed by atoms with Crippen molar-refractivity contribution in [3.63, 3.8) is 0 Å². The van der Waals surface area contributed by atoms with E-state index in [1.807, 2.05) is 24.3 Å². The van der Waals surface area contributed by atoms with Crippen LogP contribution < -0.4 is 0 Å². The number of fused-ring (bicyclic) bond motifs is 3. The van der Waals surface area contributed by atoms with Crippen LogP contribution in [0.3, 0.4) is 0 Å². The molecule has 7 heteroatoms. The summed E-state index contributed by atoms with van der Waals surface area (Å²) >= 11 is 0. The lowest BCUT2D eigenvalue weighted by atomic mass is 9.94. The Bertz CT molecular complexity index is 1180. The number of hydrogen-bond acceptors (Lipinski definition) is 3. The highest BCUT2D eigenvalue weighted by atomic mass is 32.2. The summed E-state index contributed by atoms with van der Waals surface area (Å²) in [5.74, 6) is -0.469. The minimum absolute atomic E-state index is 0.00438. The first-order chi connectivity index (χ1) is 13.0. The molecule has 0 aliphatic carbocycles. The normalized spacial score (nSPS) is 20.0. The van der Waals surface area contributed by atoms with Gasteiger partial charge in [-0.2, -0.15) is 4.31 Å². The molecule has 3 heterocycles. The molecule has 2 aliphatic heterocycles. The monoisotopic (exact) mass is 384 g/mol. The molecule has 0 fully saturated rings. The maximum Gasteiger partial charge on any atom is 0.243 e. The summed E-state index contributed by atoms with van der Waals surface area (Å²) in [5, 5.41) is 1.02. The van der Waals surface area contributed by atoms with Gasteiger partial charge in [-0.3, -0.25) is 9.36 Å². The summed E-state index contributed by atoms with van der Waals surface area (Å²) < 4.78 is 42.8. The van der Waals surface area contributed by atoms with Crippen molar-refractivity contribution in [2.75, 3.05) is 6.54 Å². The zero-order valence-electron chi connectivity index (χ0n) is 14.4. The van der Waals surface area contributed by atoms with Crippen molar-refractivity contribution < 1.29 is 17.6 Å². The van der Waals surface area contributed by atoms with Crippen molar-refractivity contribution in [1.82, 2.24) is 8.87 Å². The van der Waals surface area contributed by atoms with Gasteiger partial charge in [0.1, 0.15) is 5.82 Å². The van der Waals surface area contributed by atoms with Crippen molar-refractivity contribution in [3.05, 3.63) is 65.6 Å². The van der Waals surface area contributed by atoms with E-state index in [0.29, 0.717) is 25.8 Å². The van der Waals surface area contributed by atoms with Crippen molar-refractivity contribution in [2.45, 2.75) is 30.2 Å². The highest BCUT2D eigenvalue weighted by molar-refractivity contribution is 7.89. The molecule has 0 N–H and O–H groups in total. The van der Waals surface area contributed by atoms with E-state index in [9.17, 15) is 17.6 Å². The maximum absolute atomic E-state index is 13.2. The van der Waals surface area contributed by atoms with Gasteiger partial charge in [0.25, 0.3) is 0 Å². The quantitative estimate of drug-likeness (QED) is 0.679. The molecule has 5 rings (SSSR count). The maximum atomic E-state index is 13.2. The number of rotatable bonds is 2. The number of hydrogen-bond donors (Lipinski definition) is 0. The molecule has 0 radical (unpaired) electrons. The van der Waals surface area contributed by atoms with E-state index in [4.69, 9.17) is 0 Å². The first-order valence-electron chi connectivity index (χ1n) is 8.91. The van der Waals surface area contributed by atoms with Crippen LogP contribution in [0.1, 0.15) is 34.9 Å². The second-order valence-corrected chi connectivity index (χ2v) is 8.87. The number of benzene rings is 2. The third-order valence-corrected chi connectivity index (χ3v) is 7.49. The fourth-order valence-electron chi connectivity index (χ4n) is 4.40. The van der Waals surface area contributed by atoms with E-state index in [2.05, 4.69) is 0 Å². The molecule has 0 saturated carbocycles. The van der Waals surface area contributed by atoms with Crippen LogP contribution in [-0.2, 0) is 16.4 Å². The number of sulfonamides is 1. The topological polar surface area (TPSA) is 59.4 Å². The van der Waals surface area contributed by atoms with Gasteiger partial charge in [-0.15, -0.1) is 0 Å². The van der Waals surface area contributed by atoms with Crippen molar-refractivity contribution in [3.8, 4) is 0 Å². The largest absolute Gasteiger partial charge is 0.282 e. The third kappa shape index (κ3) is 2.31. The van der Waals surface area contributed by atoms with Gasteiger partial charge in [0.2, 0.25) is 15.9 Å². The van der Waals surface area contributed by atoms with Gasteiger partial charge in [-0.05, 0) is 48.7 Å². The van der Waals surface area contributed by atoms with E-state index in [1.54, 1.807) is 4.57 Å². The highest BCUT2D eigenvalue weighted by Gasteiger charge is 2.42. The van der Waals surface area contributed by atoms with Crippen LogP contribution in [0.5, 0.6) is 0 Å². The zero-order valence-corrected chi connectivity index (χ0v) is 15.2. The Morgan fingerprint density at radius 3 is 2.52 bits per heavy atom. The summed E-state index contributed by atoms with van der Waals surface area (Å²) in [6.07, 6.45) is 1.31. The van der Waals surface area contributed by atoms with Crippen LogP contribution >= 0.6 is 0 Å². The van der Waals surface area contributed by atoms with Crippen molar-refractivity contribution >= 4 is 26.8 Å². The van der Waals surface area contributed by atoms with Gasteiger partial charge in [0, 0.05) is 24.0 Å². The molecule has 0 saturated heterocycles. The second kappa shape index (κ2) is 5.74. The standard InChI is InChI=1S/C20H17FN2O3S/c21-13-5-7-14(8-6-13)27(25,26)22-12-11-16-15-3-1-2-4-17(15)23-19(24)10-9-18(22)20(16)23/h1-8,18H,9-12H2. The molecule has 0 spiro atoms. The molecular weight excluding hydrogens is 367 g/mol. The molecule has 1 atom stereocenters. The summed E-state index contributed by atoms with van der Waals surface area (Å²) in [6, 6.07) is 12.2. The van der Waals surface area contributed by atoms with Crippen LogP contribution in [-0.4, -0.2) is 29.7 Å². The average molecular weight is 384 g/mol. The van der Waals surface area contributed by atoms with E-state index in [0.717, 1.165) is 34.3 Å². The van der Waals surface area contributed by atoms with Gasteiger partial charge < -0.3 is 0 Å². The highest BCUT2D eigenvalue weighted by Crippen LogP contribution is 2.44. The Balaban J connectivity index is 1.69. The minimum Gasteiger partial charge on any atom is -0.282 e. The first kappa shape index (κ1) is 16.6. The molecule has 1 aromatic heterocycles. The Kier molecular flexibility index (Phi) is 3.54. The molecule has 2 aliphatic rings. The lowest BCUT2D eigenvalue weighted by Gasteiger charge is -2.38. The van der Waals surface area contributed by atoms with Gasteiger partial charge in [-0.1, -0.05) is 18.2 Å². The summed E-state index contributed by atoms with van der Waals surface area (Å²) in [5.41, 5.74) is 2.71. The second-order valence-electron chi connectivity index (χ2n) is 6.98. The molecule has 3 aromatic rings. The molecule has 0 bridgehead atoms. The van der Waals surface area contributed by atoms with Crippen molar-refractivity contribution in [1.29, 1.82) is 0 Å². The Morgan fingerprint density at radius 1 is 1.00 bits per heavy atom. The van der Waals surface area contributed by atoms with Crippen LogP contribution in [0, 0.1) is 5.82 Å². The zero-order chi connectivity index (χ0) is 18.8. The Morgan fingerprint density at radius 2 is 1.74 bits per heavy atom. The van der Waals surface area contributed by atoms with Gasteiger partial charge in [0.05, 0.1) is 16.5 Å². The molecule has 0 amide bonds. The van der Waals surface area contributed by atoms with E-state index < -0.39 is 15.8 Å². The number of carbonyl (C=O) groups is 1. The van der Waals surface area contributed by atoms with Crippen molar-refractivity contribution in [2.24, 2.45) is 0 Å². The summed E-state index contributed by atoms with van der Waals surface area (Å²) in [4.78, 5) is 12.7. The minimum atomic E-state index is -3.78. The fraction of sp³-hybridized carbons (Fsp3) is 0.250. The van der Waals surface area contributed by atoms with Gasteiger partial charge >= 0.3 is 0 Å². The first-order valence-corrected chi connectivity index (χ1v) is 10.4. The number of carbonyl (C=O) groups excluding carboxylic acids is 1. The van der Waals surface area contributed by atoms with E-state index in [1.165, 1.54) is 16.4 Å². The lowest BCUT2D eigenvalue weighted by Crippen LogP contribution is -2.43. The predicted octanol–water partition coefficient (Wildman–Crippen LogP) is 3.50. The fourth-order valence-corrected chi connectivity index (χ4v) is 6.03. The van der Waals surface area contributed by atoms with Crippen LogP contribution in [0.4, 0.5) is 4.39 Å². The molecule has 27 heavy (non-hydrogen) atoms. The molecule has 2 aromatic carbocycles. The van der Waals surface area contributed by atoms with Crippen LogP contribution in [0.25, 0.3) is 10.9 Å². The Labute approximate surface area is 156 Å². The number of halogens is 1. The lowest BCUT2D eigenvalue weighted by molar-refractivity contribution is 0.0855. The molecule has 138 valence electrons. The number of para-hydroxylation sites is 1. The summed E-state index contributed by atoms with van der Waals surface area (Å²) in [7, 11) is -3.78. The predicted molar refractivity (Wildman–Crippen MR) is 98.5 cm³/mol. The SMILES string of the molecule is O=C1CCC2c3c(c4ccccc4n31)CCN2S(=O)(=O)c1ccc(F)cc1. The molecule has 1 unspecified atom stereocenters. The van der Waals surface area contributed by atoms with Gasteiger partial charge in [-0.25, -0.2) is 12.8 Å². The van der Waals surface area contributed by atoms with Crippen LogP contribution in [0.15, 0.2) is 53.4 Å². The number of nitrogens with zero attached hydrogens (tertiary/aromatic N) is 2. The Hall–Kier alpha value is -2.51. The van der Waals surface area contributed by atoms with E-state index >= 15 is 0 Å². The average Bonchev–Trinajstić information content (AvgIpc) is 3.01. The third-order valence-electron chi connectivity index (χ3n) is 5.57. The molecular formula is C20H17FN2O3S. The smallest absolute Gasteiger partial charge is 0.243 e. The van der Waals surface area contributed by atoms with E-state index in [-0.39, 0.29) is 16.8 Å². The summed E-state index contributed by atoms with van der Waals surface area (Å²) in [6.45, 7) is 0.347. The van der Waals surface area contributed by atoms with Gasteiger partial charge in [0.15, 0.2) is 0 Å².